The number of carbonyl (C=O) groups is 1. The van der Waals surface area contributed by atoms with E-state index in [1.54, 1.807) is 0 Å². The number of nitrogens with one attached hydrogen (secondary N) is 1. The van der Waals surface area contributed by atoms with E-state index in [9.17, 15) is 4.79 Å². The van der Waals surface area contributed by atoms with Crippen molar-refractivity contribution in [2.24, 2.45) is 5.92 Å². The van der Waals surface area contributed by atoms with Gasteiger partial charge in [0.05, 0.1) is 18.6 Å². The minimum atomic E-state index is 0.00284. The molecule has 116 valence electrons. The number of carbonyl (C=O) groups excluding carboxylic acids is 1. The normalized spacial score (nSPS) is 34.7. The van der Waals surface area contributed by atoms with Gasteiger partial charge in [0.25, 0.3) is 0 Å². The molecule has 0 aromatic rings. The summed E-state index contributed by atoms with van der Waals surface area (Å²) in [5.74, 6) is 0.133. The van der Waals surface area contributed by atoms with Crippen LogP contribution >= 0.6 is 0 Å². The van der Waals surface area contributed by atoms with E-state index in [1.165, 1.54) is 19.3 Å². The van der Waals surface area contributed by atoms with Gasteiger partial charge in [-0.1, -0.05) is 0 Å². The zero-order chi connectivity index (χ0) is 14.4. The molecule has 2 fully saturated rings. The Hall–Kier alpha value is -0.610. The molecule has 2 rings (SSSR count). The van der Waals surface area contributed by atoms with Gasteiger partial charge in [0.15, 0.2) is 0 Å². The Morgan fingerprint density at radius 3 is 2.50 bits per heavy atom. The van der Waals surface area contributed by atoms with Gasteiger partial charge in [-0.15, -0.1) is 0 Å². The largest absolute Gasteiger partial charge is 0.466 e. The molecule has 2 unspecified atom stereocenters. The van der Waals surface area contributed by atoms with Crippen LogP contribution in [0.1, 0.15) is 58.3 Å². The summed E-state index contributed by atoms with van der Waals surface area (Å²) in [7, 11) is 1.82. The second kappa shape index (κ2) is 7.99. The maximum Gasteiger partial charge on any atom is 0.308 e. The van der Waals surface area contributed by atoms with Crippen LogP contribution in [0.25, 0.3) is 0 Å². The minimum absolute atomic E-state index is 0.00284. The van der Waals surface area contributed by atoms with E-state index in [4.69, 9.17) is 9.47 Å². The van der Waals surface area contributed by atoms with Gasteiger partial charge in [0.2, 0.25) is 0 Å². The van der Waals surface area contributed by atoms with Crippen molar-refractivity contribution in [3.8, 4) is 0 Å². The molecule has 4 nitrogen and oxygen atoms in total. The van der Waals surface area contributed by atoms with E-state index in [-0.39, 0.29) is 11.9 Å². The monoisotopic (exact) mass is 283 g/mol. The van der Waals surface area contributed by atoms with E-state index >= 15 is 0 Å². The molecular weight excluding hydrogens is 254 g/mol. The molecular formula is C16H29NO3. The number of esters is 1. The van der Waals surface area contributed by atoms with Crippen LogP contribution in [0.15, 0.2) is 0 Å². The van der Waals surface area contributed by atoms with Crippen molar-refractivity contribution in [3.63, 3.8) is 0 Å². The Kier molecular flexibility index (Phi) is 6.30. The van der Waals surface area contributed by atoms with Crippen LogP contribution in [-0.2, 0) is 14.3 Å². The fourth-order valence-corrected chi connectivity index (χ4v) is 3.60. The molecule has 0 aromatic carbocycles. The molecule has 0 aliphatic heterocycles. The maximum atomic E-state index is 11.7. The molecule has 0 saturated heterocycles. The van der Waals surface area contributed by atoms with E-state index in [2.05, 4.69) is 5.32 Å². The quantitative estimate of drug-likeness (QED) is 0.788. The van der Waals surface area contributed by atoms with Crippen LogP contribution in [0, 0.1) is 5.92 Å². The lowest BCUT2D eigenvalue weighted by Crippen LogP contribution is -2.44. The summed E-state index contributed by atoms with van der Waals surface area (Å²) < 4.78 is 10.6. The first-order chi connectivity index (χ1) is 9.72. The highest BCUT2D eigenvalue weighted by Crippen LogP contribution is 2.28. The topological polar surface area (TPSA) is 47.6 Å². The second-order valence-corrected chi connectivity index (χ2v) is 6.19. The van der Waals surface area contributed by atoms with Crippen molar-refractivity contribution in [2.75, 3.05) is 13.7 Å². The van der Waals surface area contributed by atoms with Crippen LogP contribution in [0.3, 0.4) is 0 Å². The summed E-state index contributed by atoms with van der Waals surface area (Å²) in [6.07, 6.45) is 9.41. The van der Waals surface area contributed by atoms with Crippen molar-refractivity contribution in [1.29, 1.82) is 0 Å². The smallest absolute Gasteiger partial charge is 0.308 e. The summed E-state index contributed by atoms with van der Waals surface area (Å²) in [5, 5.41) is 3.78. The average Bonchev–Trinajstić information content (AvgIpc) is 2.48. The Morgan fingerprint density at radius 1 is 1.10 bits per heavy atom. The van der Waals surface area contributed by atoms with Crippen molar-refractivity contribution in [2.45, 2.75) is 76.5 Å². The minimum Gasteiger partial charge on any atom is -0.466 e. The van der Waals surface area contributed by atoms with E-state index < -0.39 is 0 Å². The van der Waals surface area contributed by atoms with Crippen LogP contribution in [0.4, 0.5) is 0 Å². The Bertz CT molecular complexity index is 300. The van der Waals surface area contributed by atoms with Crippen molar-refractivity contribution in [1.82, 2.24) is 5.32 Å². The average molecular weight is 283 g/mol. The summed E-state index contributed by atoms with van der Waals surface area (Å²) in [4.78, 5) is 11.7. The molecule has 0 amide bonds. The van der Waals surface area contributed by atoms with Crippen LogP contribution < -0.4 is 5.32 Å². The predicted octanol–water partition coefficient (Wildman–Crippen LogP) is 2.66. The van der Waals surface area contributed by atoms with Crippen LogP contribution in [0.2, 0.25) is 0 Å². The molecule has 2 saturated carbocycles. The third kappa shape index (κ3) is 4.45. The lowest BCUT2D eigenvalue weighted by Gasteiger charge is -2.35. The van der Waals surface area contributed by atoms with Crippen molar-refractivity contribution >= 4 is 5.97 Å². The summed E-state index contributed by atoms with van der Waals surface area (Å²) >= 11 is 0. The zero-order valence-electron chi connectivity index (χ0n) is 12.9. The van der Waals surface area contributed by atoms with Gasteiger partial charge >= 0.3 is 5.97 Å². The maximum absolute atomic E-state index is 11.7. The lowest BCUT2D eigenvalue weighted by atomic mass is 9.84. The lowest BCUT2D eigenvalue weighted by molar-refractivity contribution is -0.149. The van der Waals surface area contributed by atoms with Gasteiger partial charge < -0.3 is 14.8 Å². The highest BCUT2D eigenvalue weighted by molar-refractivity contribution is 5.72. The molecule has 0 heterocycles. The van der Waals surface area contributed by atoms with E-state index in [1.807, 2.05) is 14.0 Å². The Labute approximate surface area is 122 Å². The molecule has 2 aliphatic rings. The predicted molar refractivity (Wildman–Crippen MR) is 78.6 cm³/mol. The number of methoxy groups -OCH3 is 1. The highest BCUT2D eigenvalue weighted by Gasteiger charge is 2.29. The Morgan fingerprint density at radius 2 is 1.85 bits per heavy atom. The van der Waals surface area contributed by atoms with Gasteiger partial charge in [-0.25, -0.2) is 0 Å². The summed E-state index contributed by atoms with van der Waals surface area (Å²) in [6.45, 7) is 2.37. The van der Waals surface area contributed by atoms with E-state index in [0.29, 0.717) is 24.8 Å². The van der Waals surface area contributed by atoms with Gasteiger partial charge in [0.1, 0.15) is 0 Å². The SMILES string of the molecule is CCOC(=O)C1CCC(NC2CCCC(OC)C2)CC1. The first-order valence-corrected chi connectivity index (χ1v) is 8.18. The molecule has 0 bridgehead atoms. The molecule has 4 heteroatoms. The zero-order valence-corrected chi connectivity index (χ0v) is 12.9. The van der Waals surface area contributed by atoms with Crippen LogP contribution in [-0.4, -0.2) is 37.9 Å². The number of hydrogen-bond donors (Lipinski definition) is 1. The molecule has 20 heavy (non-hydrogen) atoms. The second-order valence-electron chi connectivity index (χ2n) is 6.19. The third-order valence-electron chi connectivity index (χ3n) is 4.78. The van der Waals surface area contributed by atoms with Crippen LogP contribution in [0.5, 0.6) is 0 Å². The summed E-state index contributed by atoms with van der Waals surface area (Å²) in [5.41, 5.74) is 0. The van der Waals surface area contributed by atoms with Crippen molar-refractivity contribution < 1.29 is 14.3 Å². The molecule has 0 radical (unpaired) electrons. The van der Waals surface area contributed by atoms with Gasteiger partial charge in [-0.05, 0) is 58.3 Å². The van der Waals surface area contributed by atoms with Crippen molar-refractivity contribution in [3.05, 3.63) is 0 Å². The fourth-order valence-electron chi connectivity index (χ4n) is 3.60. The van der Waals surface area contributed by atoms with Gasteiger partial charge in [0, 0.05) is 19.2 Å². The highest BCUT2D eigenvalue weighted by atomic mass is 16.5. The van der Waals surface area contributed by atoms with Gasteiger partial charge in [-0.2, -0.15) is 0 Å². The molecule has 0 aromatic heterocycles. The third-order valence-corrected chi connectivity index (χ3v) is 4.78. The number of rotatable bonds is 5. The van der Waals surface area contributed by atoms with Gasteiger partial charge in [-0.3, -0.25) is 4.79 Å². The molecule has 2 aliphatic carbocycles. The first kappa shape index (κ1) is 15.8. The molecule has 1 N–H and O–H groups in total. The molecule has 2 atom stereocenters. The Balaban J connectivity index is 1.70. The molecule has 0 spiro atoms. The standard InChI is InChI=1S/C16H29NO3/c1-3-20-16(18)12-7-9-13(10-8-12)17-14-5-4-6-15(11-14)19-2/h12-15,17H,3-11H2,1-2H3. The summed E-state index contributed by atoms with van der Waals surface area (Å²) in [6, 6.07) is 1.17. The first-order valence-electron chi connectivity index (χ1n) is 8.18. The van der Waals surface area contributed by atoms with E-state index in [0.717, 1.165) is 32.1 Å². The number of ether oxygens (including phenoxy) is 2. The fraction of sp³-hybridized carbons (Fsp3) is 0.938. The number of hydrogen-bond acceptors (Lipinski definition) is 4.